The number of nitrogen functional groups attached to an aromatic ring is 1. The number of hydrogen-bond acceptors (Lipinski definition) is 5. The van der Waals surface area contributed by atoms with E-state index in [1.54, 1.807) is 13.0 Å². The summed E-state index contributed by atoms with van der Waals surface area (Å²) in [5.41, 5.74) is 6.54. The molecule has 0 aliphatic heterocycles. The Morgan fingerprint density at radius 1 is 1.69 bits per heavy atom. The Hall–Kier alpha value is -2.31. The summed E-state index contributed by atoms with van der Waals surface area (Å²) in [6.07, 6.45) is 1.51. The molecule has 0 fully saturated rings. The second-order valence-corrected chi connectivity index (χ2v) is 3.27. The number of aromatic amines is 1. The van der Waals surface area contributed by atoms with Gasteiger partial charge in [0, 0.05) is 11.8 Å². The molecule has 0 saturated heterocycles. The van der Waals surface area contributed by atoms with E-state index in [4.69, 9.17) is 10.3 Å². The topological polar surface area (TPSA) is 110 Å². The number of nitrogens with zero attached hydrogens (tertiary/aromatic N) is 2. The van der Waals surface area contributed by atoms with Crippen molar-refractivity contribution in [1.29, 1.82) is 0 Å². The second-order valence-electron chi connectivity index (χ2n) is 3.27. The molecular weight excluding hydrogens is 210 g/mol. The van der Waals surface area contributed by atoms with Crippen LogP contribution in [-0.2, 0) is 6.54 Å². The minimum atomic E-state index is -0.292. The number of amides is 1. The monoisotopic (exact) mass is 221 g/mol. The minimum Gasteiger partial charge on any atom is -0.382 e. The van der Waals surface area contributed by atoms with Gasteiger partial charge < -0.3 is 15.6 Å². The van der Waals surface area contributed by atoms with Crippen LogP contribution in [0.5, 0.6) is 0 Å². The van der Waals surface area contributed by atoms with Gasteiger partial charge in [-0.05, 0) is 6.92 Å². The lowest BCUT2D eigenvalue weighted by Gasteiger charge is -2.02. The van der Waals surface area contributed by atoms with E-state index in [0.717, 1.165) is 0 Å². The third-order valence-electron chi connectivity index (χ3n) is 2.12. The highest BCUT2D eigenvalue weighted by Gasteiger charge is 2.15. The predicted octanol–water partition coefficient (Wildman–Crippen LogP) is 0.218. The molecule has 2 heterocycles. The van der Waals surface area contributed by atoms with Crippen molar-refractivity contribution in [3.63, 3.8) is 0 Å². The number of H-pyrrole nitrogens is 1. The molecule has 0 aliphatic carbocycles. The number of hydrogen-bond donors (Lipinski definition) is 3. The Kier molecular flexibility index (Phi) is 2.59. The number of carbonyl (C=O) groups excluding carboxylic acids is 1. The molecular formula is C9H11N5O2. The van der Waals surface area contributed by atoms with Crippen molar-refractivity contribution in [3.8, 4) is 0 Å². The summed E-state index contributed by atoms with van der Waals surface area (Å²) in [5.74, 6) is 0.473. The van der Waals surface area contributed by atoms with Crippen molar-refractivity contribution < 1.29 is 9.32 Å². The van der Waals surface area contributed by atoms with Crippen molar-refractivity contribution >= 4 is 11.7 Å². The first kappa shape index (κ1) is 10.2. The highest BCUT2D eigenvalue weighted by Crippen LogP contribution is 2.11. The summed E-state index contributed by atoms with van der Waals surface area (Å²) in [6, 6.07) is 1.67. The smallest absolute Gasteiger partial charge is 0.257 e. The van der Waals surface area contributed by atoms with Gasteiger partial charge in [-0.1, -0.05) is 5.16 Å². The van der Waals surface area contributed by atoms with E-state index in [0.29, 0.717) is 17.0 Å². The Labute approximate surface area is 91.0 Å². The number of aromatic nitrogens is 3. The molecule has 2 aromatic rings. The molecule has 7 nitrogen and oxygen atoms in total. The molecule has 0 saturated carbocycles. The van der Waals surface area contributed by atoms with Gasteiger partial charge in [-0.2, -0.15) is 5.10 Å². The third-order valence-corrected chi connectivity index (χ3v) is 2.12. The van der Waals surface area contributed by atoms with Crippen molar-refractivity contribution in [2.45, 2.75) is 13.5 Å². The average molecular weight is 221 g/mol. The van der Waals surface area contributed by atoms with E-state index in [-0.39, 0.29) is 18.3 Å². The second kappa shape index (κ2) is 4.05. The summed E-state index contributed by atoms with van der Waals surface area (Å²) >= 11 is 0. The molecule has 2 aromatic heterocycles. The lowest BCUT2D eigenvalue weighted by Crippen LogP contribution is -2.23. The van der Waals surface area contributed by atoms with Gasteiger partial charge in [0.15, 0.2) is 11.6 Å². The molecule has 1 amide bonds. The Balaban J connectivity index is 2.04. The fraction of sp³-hybridized carbons (Fsp3) is 0.222. The molecule has 0 unspecified atom stereocenters. The lowest BCUT2D eigenvalue weighted by atomic mass is 10.2. The Bertz CT molecular complexity index is 468. The van der Waals surface area contributed by atoms with Gasteiger partial charge in [0.05, 0.1) is 12.7 Å². The normalized spacial score (nSPS) is 10.3. The number of rotatable bonds is 3. The van der Waals surface area contributed by atoms with Gasteiger partial charge in [0.25, 0.3) is 5.91 Å². The average Bonchev–Trinajstić information content (AvgIpc) is 2.86. The molecule has 0 atom stereocenters. The van der Waals surface area contributed by atoms with Gasteiger partial charge in [0.2, 0.25) is 0 Å². The molecule has 0 radical (unpaired) electrons. The van der Waals surface area contributed by atoms with Crippen LogP contribution in [0.15, 0.2) is 16.8 Å². The minimum absolute atomic E-state index is 0.188. The van der Waals surface area contributed by atoms with Crippen LogP contribution in [0.3, 0.4) is 0 Å². The van der Waals surface area contributed by atoms with Crippen LogP contribution in [0.2, 0.25) is 0 Å². The van der Waals surface area contributed by atoms with Crippen LogP contribution in [0.4, 0.5) is 5.82 Å². The van der Waals surface area contributed by atoms with E-state index >= 15 is 0 Å². The molecule has 0 aromatic carbocycles. The van der Waals surface area contributed by atoms with Crippen LogP contribution < -0.4 is 11.1 Å². The van der Waals surface area contributed by atoms with E-state index in [9.17, 15) is 4.79 Å². The van der Waals surface area contributed by atoms with E-state index in [1.807, 2.05) is 0 Å². The maximum Gasteiger partial charge on any atom is 0.257 e. The van der Waals surface area contributed by atoms with Crippen molar-refractivity contribution in [1.82, 2.24) is 20.7 Å². The SMILES string of the molecule is Cc1[nH]nc(N)c1C(=O)NCc1ccno1. The van der Waals surface area contributed by atoms with E-state index in [1.165, 1.54) is 6.20 Å². The van der Waals surface area contributed by atoms with E-state index in [2.05, 4.69) is 20.7 Å². The maximum absolute atomic E-state index is 11.7. The van der Waals surface area contributed by atoms with Gasteiger partial charge in [0.1, 0.15) is 5.56 Å². The van der Waals surface area contributed by atoms with Crippen LogP contribution >= 0.6 is 0 Å². The summed E-state index contributed by atoms with van der Waals surface area (Å²) in [6.45, 7) is 2.00. The zero-order valence-corrected chi connectivity index (χ0v) is 8.65. The molecule has 0 spiro atoms. The predicted molar refractivity (Wildman–Crippen MR) is 55.4 cm³/mol. The van der Waals surface area contributed by atoms with Crippen molar-refractivity contribution in [2.24, 2.45) is 0 Å². The summed E-state index contributed by atoms with van der Waals surface area (Å²) in [4.78, 5) is 11.7. The summed E-state index contributed by atoms with van der Waals surface area (Å²) < 4.78 is 4.84. The third kappa shape index (κ3) is 1.88. The molecule has 16 heavy (non-hydrogen) atoms. The van der Waals surface area contributed by atoms with Gasteiger partial charge >= 0.3 is 0 Å². The van der Waals surface area contributed by atoms with Gasteiger partial charge in [-0.15, -0.1) is 0 Å². The Morgan fingerprint density at radius 3 is 3.06 bits per heavy atom. The van der Waals surface area contributed by atoms with Gasteiger partial charge in [-0.3, -0.25) is 9.89 Å². The van der Waals surface area contributed by atoms with Crippen LogP contribution in [0, 0.1) is 6.92 Å². The fourth-order valence-electron chi connectivity index (χ4n) is 1.32. The number of nitrogens with one attached hydrogen (secondary N) is 2. The van der Waals surface area contributed by atoms with Gasteiger partial charge in [-0.25, -0.2) is 0 Å². The first-order chi connectivity index (χ1) is 7.68. The number of carbonyl (C=O) groups is 1. The number of anilines is 1. The van der Waals surface area contributed by atoms with E-state index < -0.39 is 0 Å². The molecule has 4 N–H and O–H groups in total. The number of aryl methyl sites for hydroxylation is 1. The highest BCUT2D eigenvalue weighted by atomic mass is 16.5. The first-order valence-electron chi connectivity index (χ1n) is 4.66. The van der Waals surface area contributed by atoms with Crippen LogP contribution in [-0.4, -0.2) is 21.3 Å². The molecule has 0 bridgehead atoms. The molecule has 2 rings (SSSR count). The van der Waals surface area contributed by atoms with Crippen LogP contribution in [0.1, 0.15) is 21.8 Å². The zero-order valence-electron chi connectivity index (χ0n) is 8.65. The quantitative estimate of drug-likeness (QED) is 0.686. The van der Waals surface area contributed by atoms with Crippen molar-refractivity contribution in [2.75, 3.05) is 5.73 Å². The summed E-state index contributed by atoms with van der Waals surface area (Å²) in [5, 5.41) is 12.6. The molecule has 84 valence electrons. The van der Waals surface area contributed by atoms with Crippen molar-refractivity contribution in [3.05, 3.63) is 29.3 Å². The largest absolute Gasteiger partial charge is 0.382 e. The standard InChI is InChI=1S/C9H11N5O2/c1-5-7(8(10)14-13-5)9(15)11-4-6-2-3-12-16-6/h2-3H,4H2,1H3,(H,11,15)(H3,10,13,14). The number of nitrogens with two attached hydrogens (primary N) is 1. The maximum atomic E-state index is 11.7. The lowest BCUT2D eigenvalue weighted by molar-refractivity contribution is 0.0947. The fourth-order valence-corrected chi connectivity index (χ4v) is 1.32. The summed E-state index contributed by atoms with van der Waals surface area (Å²) in [7, 11) is 0. The highest BCUT2D eigenvalue weighted by molar-refractivity contribution is 5.99. The molecule has 0 aliphatic rings. The zero-order chi connectivity index (χ0) is 11.5. The first-order valence-corrected chi connectivity index (χ1v) is 4.66. The Morgan fingerprint density at radius 2 is 2.50 bits per heavy atom. The van der Waals surface area contributed by atoms with Crippen LogP contribution in [0.25, 0.3) is 0 Å². The molecule has 7 heteroatoms.